The van der Waals surface area contributed by atoms with Crippen LogP contribution in [0, 0.1) is 6.92 Å². The molecule has 31 heavy (non-hydrogen) atoms. The third-order valence-corrected chi connectivity index (χ3v) is 6.67. The Kier molecular flexibility index (Phi) is 5.49. The van der Waals surface area contributed by atoms with Crippen LogP contribution in [-0.2, 0) is 13.1 Å². The van der Waals surface area contributed by atoms with Crippen LogP contribution >= 0.6 is 11.8 Å². The molecule has 6 heteroatoms. The molecule has 0 unspecified atom stereocenters. The molecule has 0 saturated heterocycles. The molecule has 0 aliphatic rings. The smallest absolute Gasteiger partial charge is 0.191 e. The van der Waals surface area contributed by atoms with Crippen LogP contribution in [0.2, 0.25) is 0 Å². The maximum atomic E-state index is 10.9. The summed E-state index contributed by atoms with van der Waals surface area (Å²) >= 11 is 1.55. The van der Waals surface area contributed by atoms with Crippen LogP contribution in [0.25, 0.3) is 21.8 Å². The van der Waals surface area contributed by atoms with Crippen molar-refractivity contribution in [2.24, 2.45) is 0 Å². The van der Waals surface area contributed by atoms with Crippen molar-refractivity contribution in [3.63, 3.8) is 0 Å². The second kappa shape index (κ2) is 8.57. The number of hydrogen-bond donors (Lipinski definition) is 1. The average Bonchev–Trinajstić information content (AvgIpc) is 3.31. The Bertz CT molecular complexity index is 1270. The molecule has 2 aromatic heterocycles. The average molecular weight is 429 g/mol. The van der Waals surface area contributed by atoms with Gasteiger partial charge >= 0.3 is 0 Å². The summed E-state index contributed by atoms with van der Waals surface area (Å²) in [7, 11) is 0. The van der Waals surface area contributed by atoms with Gasteiger partial charge in [0.1, 0.15) is 5.82 Å². The maximum absolute atomic E-state index is 10.9. The standard InChI is InChI=1S/C25H24N4OS/c1-18-26-27-25(28(18)15-19-9-3-2-4-10-19)31-17-20(30)16-29-23-13-7-5-11-21(23)22-12-6-8-14-24(22)29/h2-14,20,30H,15-17H2,1H3/t20-/m1/s1. The summed E-state index contributed by atoms with van der Waals surface area (Å²) in [6.45, 7) is 3.23. The largest absolute Gasteiger partial charge is 0.390 e. The summed E-state index contributed by atoms with van der Waals surface area (Å²) < 4.78 is 4.32. The number of para-hydroxylation sites is 2. The fourth-order valence-electron chi connectivity index (χ4n) is 4.05. The summed E-state index contributed by atoms with van der Waals surface area (Å²) in [6, 6.07) is 27.0. The van der Waals surface area contributed by atoms with E-state index in [1.54, 1.807) is 11.8 Å². The first-order valence-corrected chi connectivity index (χ1v) is 11.4. The molecular weight excluding hydrogens is 404 g/mol. The van der Waals surface area contributed by atoms with E-state index >= 15 is 0 Å². The molecule has 3 aromatic carbocycles. The number of aromatic nitrogens is 4. The first-order chi connectivity index (χ1) is 15.2. The predicted octanol–water partition coefficient (Wildman–Crippen LogP) is 4.90. The Hall–Kier alpha value is -3.09. The van der Waals surface area contributed by atoms with E-state index in [-0.39, 0.29) is 0 Å². The van der Waals surface area contributed by atoms with Crippen LogP contribution in [0.3, 0.4) is 0 Å². The number of aliphatic hydroxyl groups is 1. The number of aryl methyl sites for hydroxylation is 1. The van der Waals surface area contributed by atoms with E-state index in [0.717, 1.165) is 28.6 Å². The maximum Gasteiger partial charge on any atom is 0.191 e. The van der Waals surface area contributed by atoms with Gasteiger partial charge in [0.05, 0.1) is 19.2 Å². The quantitative estimate of drug-likeness (QED) is 0.375. The summed E-state index contributed by atoms with van der Waals surface area (Å²) in [5.74, 6) is 1.43. The molecule has 1 N–H and O–H groups in total. The highest BCUT2D eigenvalue weighted by Gasteiger charge is 2.16. The zero-order chi connectivity index (χ0) is 21.2. The van der Waals surface area contributed by atoms with Crippen LogP contribution in [0.4, 0.5) is 0 Å². The molecule has 0 fully saturated rings. The van der Waals surface area contributed by atoms with Gasteiger partial charge in [0.15, 0.2) is 5.16 Å². The van der Waals surface area contributed by atoms with Gasteiger partial charge in [-0.1, -0.05) is 78.5 Å². The van der Waals surface area contributed by atoms with Crippen LogP contribution in [0.5, 0.6) is 0 Å². The van der Waals surface area contributed by atoms with Gasteiger partial charge in [-0.25, -0.2) is 0 Å². The molecule has 5 aromatic rings. The summed E-state index contributed by atoms with van der Waals surface area (Å²) in [6.07, 6.45) is -0.508. The molecule has 0 spiro atoms. The topological polar surface area (TPSA) is 55.9 Å². The van der Waals surface area contributed by atoms with Gasteiger partial charge < -0.3 is 14.2 Å². The van der Waals surface area contributed by atoms with Crippen molar-refractivity contribution in [1.29, 1.82) is 0 Å². The van der Waals surface area contributed by atoms with Gasteiger partial charge in [-0.05, 0) is 24.6 Å². The highest BCUT2D eigenvalue weighted by Crippen LogP contribution is 2.29. The molecular formula is C25H24N4OS. The van der Waals surface area contributed by atoms with Crippen molar-refractivity contribution in [1.82, 2.24) is 19.3 Å². The molecule has 0 radical (unpaired) electrons. The van der Waals surface area contributed by atoms with E-state index in [1.165, 1.54) is 16.3 Å². The number of nitrogens with zero attached hydrogens (tertiary/aromatic N) is 4. The van der Waals surface area contributed by atoms with E-state index < -0.39 is 6.10 Å². The minimum Gasteiger partial charge on any atom is -0.390 e. The SMILES string of the molecule is Cc1nnc(SC[C@H](O)Cn2c3ccccc3c3ccccc32)n1Cc1ccccc1. The van der Waals surface area contributed by atoms with Gasteiger partial charge in [0.25, 0.3) is 0 Å². The van der Waals surface area contributed by atoms with Crippen molar-refractivity contribution in [3.8, 4) is 0 Å². The molecule has 2 heterocycles. The summed E-state index contributed by atoms with van der Waals surface area (Å²) in [5, 5.41) is 22.8. The fourth-order valence-corrected chi connectivity index (χ4v) is 4.95. The zero-order valence-corrected chi connectivity index (χ0v) is 18.2. The lowest BCUT2D eigenvalue weighted by atomic mass is 10.2. The molecule has 0 aliphatic heterocycles. The molecule has 156 valence electrons. The number of benzene rings is 3. The molecule has 0 bridgehead atoms. The zero-order valence-electron chi connectivity index (χ0n) is 17.3. The van der Waals surface area contributed by atoms with Crippen molar-refractivity contribution in [2.75, 3.05) is 5.75 Å². The van der Waals surface area contributed by atoms with Gasteiger partial charge in [-0.15, -0.1) is 10.2 Å². The van der Waals surface area contributed by atoms with Crippen molar-refractivity contribution < 1.29 is 5.11 Å². The summed E-state index contributed by atoms with van der Waals surface area (Å²) in [4.78, 5) is 0. The van der Waals surface area contributed by atoms with Gasteiger partial charge in [-0.3, -0.25) is 0 Å². The normalized spacial score (nSPS) is 12.6. The highest BCUT2D eigenvalue weighted by atomic mass is 32.2. The molecule has 0 saturated carbocycles. The third kappa shape index (κ3) is 3.96. The van der Waals surface area contributed by atoms with Gasteiger partial charge in [0, 0.05) is 27.6 Å². The third-order valence-electron chi connectivity index (χ3n) is 5.56. The van der Waals surface area contributed by atoms with Gasteiger partial charge in [-0.2, -0.15) is 0 Å². The van der Waals surface area contributed by atoms with E-state index in [4.69, 9.17) is 0 Å². The van der Waals surface area contributed by atoms with Crippen LogP contribution in [-0.4, -0.2) is 36.3 Å². The lowest BCUT2D eigenvalue weighted by molar-refractivity contribution is 0.181. The Morgan fingerprint density at radius 2 is 1.42 bits per heavy atom. The van der Waals surface area contributed by atoms with E-state index in [1.807, 2.05) is 37.3 Å². The monoisotopic (exact) mass is 428 g/mol. The van der Waals surface area contributed by atoms with E-state index in [9.17, 15) is 5.11 Å². The molecule has 5 rings (SSSR count). The van der Waals surface area contributed by atoms with Gasteiger partial charge in [0.2, 0.25) is 0 Å². The van der Waals surface area contributed by atoms with E-state index in [2.05, 4.69) is 67.9 Å². The Balaban J connectivity index is 1.34. The van der Waals surface area contributed by atoms with E-state index in [0.29, 0.717) is 12.3 Å². The molecule has 0 aliphatic carbocycles. The van der Waals surface area contributed by atoms with Crippen LogP contribution in [0.15, 0.2) is 84.0 Å². The first-order valence-electron chi connectivity index (χ1n) is 10.4. The molecule has 0 amide bonds. The van der Waals surface area contributed by atoms with Crippen LogP contribution in [0.1, 0.15) is 11.4 Å². The fraction of sp³-hybridized carbons (Fsp3) is 0.200. The minimum absolute atomic E-state index is 0.508. The second-order valence-electron chi connectivity index (χ2n) is 7.71. The van der Waals surface area contributed by atoms with Crippen molar-refractivity contribution >= 4 is 33.6 Å². The predicted molar refractivity (Wildman–Crippen MR) is 126 cm³/mol. The van der Waals surface area contributed by atoms with Crippen molar-refractivity contribution in [2.45, 2.75) is 31.3 Å². The van der Waals surface area contributed by atoms with Crippen LogP contribution < -0.4 is 0 Å². The number of fused-ring (bicyclic) bond motifs is 3. The Labute approximate surface area is 185 Å². The number of aliphatic hydroxyl groups excluding tert-OH is 1. The number of thioether (sulfide) groups is 1. The summed E-state index contributed by atoms with van der Waals surface area (Å²) in [5.41, 5.74) is 3.50. The Morgan fingerprint density at radius 3 is 2.10 bits per heavy atom. The molecule has 5 nitrogen and oxygen atoms in total. The first kappa shape index (κ1) is 19.8. The minimum atomic E-state index is -0.508. The second-order valence-corrected chi connectivity index (χ2v) is 8.70. The Morgan fingerprint density at radius 1 is 0.806 bits per heavy atom. The lowest BCUT2D eigenvalue weighted by Gasteiger charge is -2.14. The molecule has 1 atom stereocenters. The number of rotatable bonds is 7. The lowest BCUT2D eigenvalue weighted by Crippen LogP contribution is -2.19. The number of hydrogen-bond acceptors (Lipinski definition) is 4. The highest BCUT2D eigenvalue weighted by molar-refractivity contribution is 7.99. The van der Waals surface area contributed by atoms with Crippen molar-refractivity contribution in [3.05, 3.63) is 90.3 Å².